The van der Waals surface area contributed by atoms with Gasteiger partial charge in [0.25, 0.3) is 0 Å². The van der Waals surface area contributed by atoms with Crippen molar-refractivity contribution in [2.45, 2.75) is 165 Å². The van der Waals surface area contributed by atoms with Crippen LogP contribution in [-0.2, 0) is 28.4 Å². The Bertz CT molecular complexity index is 1280. The molecule has 6 aliphatic rings. The van der Waals surface area contributed by atoms with Crippen molar-refractivity contribution < 1.29 is 74.4 Å². The maximum atomic E-state index is 12.7. The highest BCUT2D eigenvalue weighted by molar-refractivity contribution is 5.22. The van der Waals surface area contributed by atoms with E-state index in [1.807, 2.05) is 6.92 Å². The van der Waals surface area contributed by atoms with Crippen LogP contribution in [0.3, 0.4) is 0 Å². The van der Waals surface area contributed by atoms with Crippen molar-refractivity contribution in [2.24, 2.45) is 52.3 Å². The molecule has 0 radical (unpaired) electrons. The van der Waals surface area contributed by atoms with Crippen molar-refractivity contribution in [3.63, 3.8) is 0 Å². The van der Waals surface area contributed by atoms with Gasteiger partial charge in [0.05, 0.1) is 55.9 Å². The monoisotopic (exact) mass is 790 g/mol. The van der Waals surface area contributed by atoms with Crippen LogP contribution < -0.4 is 0 Å². The fourth-order valence-electron chi connectivity index (χ4n) is 12.7. The second kappa shape index (κ2) is 16.8. The number of fused-ring (bicyclic) bond motifs is 5. The molecule has 320 valence electrons. The molecule has 15 heteroatoms. The molecule has 4 aliphatic carbocycles. The van der Waals surface area contributed by atoms with Crippen LogP contribution in [0.1, 0.15) is 79.6 Å². The third kappa shape index (κ3) is 7.47. The zero-order valence-corrected chi connectivity index (χ0v) is 33.6. The van der Waals surface area contributed by atoms with E-state index in [2.05, 4.69) is 27.7 Å². The number of aliphatic hydroxyl groups excluding tert-OH is 8. The number of hydrogen-bond donors (Lipinski definition) is 9. The van der Waals surface area contributed by atoms with E-state index in [-0.39, 0.29) is 49.2 Å². The summed E-state index contributed by atoms with van der Waals surface area (Å²) >= 11 is 0. The van der Waals surface area contributed by atoms with Crippen LogP contribution in [0.2, 0.25) is 0 Å². The highest BCUT2D eigenvalue weighted by Crippen LogP contribution is 2.70. The number of methoxy groups -OCH3 is 2. The van der Waals surface area contributed by atoms with E-state index >= 15 is 0 Å². The van der Waals surface area contributed by atoms with E-state index in [0.29, 0.717) is 38.5 Å². The maximum Gasteiger partial charge on any atom is 0.187 e. The minimum Gasteiger partial charge on any atom is -0.394 e. The Morgan fingerprint density at radius 2 is 1.45 bits per heavy atom. The van der Waals surface area contributed by atoms with E-state index in [9.17, 15) is 46.0 Å². The van der Waals surface area contributed by atoms with Crippen molar-refractivity contribution >= 4 is 0 Å². The predicted octanol–water partition coefficient (Wildman–Crippen LogP) is -0.0801. The highest BCUT2D eigenvalue weighted by atomic mass is 16.8. The molecule has 0 spiro atoms. The van der Waals surface area contributed by atoms with Crippen LogP contribution in [-0.4, -0.2) is 165 Å². The van der Waals surface area contributed by atoms with E-state index in [1.54, 1.807) is 0 Å². The first kappa shape index (κ1) is 44.0. The van der Waals surface area contributed by atoms with Crippen molar-refractivity contribution in [3.05, 3.63) is 0 Å². The summed E-state index contributed by atoms with van der Waals surface area (Å²) in [5.74, 6) is -1.79. The van der Waals surface area contributed by atoms with Gasteiger partial charge in [-0.3, -0.25) is 0 Å². The van der Waals surface area contributed by atoms with E-state index in [1.165, 1.54) is 14.2 Å². The molecule has 6 rings (SSSR count). The maximum absolute atomic E-state index is 12.7. The minimum atomic E-state index is -1.46. The second-order valence-electron chi connectivity index (χ2n) is 18.8. The number of aliphatic hydroxyl groups is 9. The summed E-state index contributed by atoms with van der Waals surface area (Å²) in [5, 5.41) is 101. The first-order chi connectivity index (χ1) is 25.9. The topological polar surface area (TPSA) is 237 Å². The summed E-state index contributed by atoms with van der Waals surface area (Å²) in [6, 6.07) is 0. The van der Waals surface area contributed by atoms with Crippen molar-refractivity contribution in [2.75, 3.05) is 34.0 Å². The van der Waals surface area contributed by atoms with Crippen LogP contribution in [0.15, 0.2) is 0 Å². The van der Waals surface area contributed by atoms with E-state index in [0.717, 1.165) is 0 Å². The molecule has 2 heterocycles. The van der Waals surface area contributed by atoms with Crippen LogP contribution >= 0.6 is 0 Å². The lowest BCUT2D eigenvalue weighted by molar-refractivity contribution is -0.310. The minimum absolute atomic E-state index is 0.0180. The SMILES string of the molecule is COC1COC(OC2C(OCC(CC[C@@H](C)[C@H]3[C@@H](O)[C@@H](O)[C@@H]4[C@]3(C)CC[C@@H]3[C@@]5(C)CC[C@H](O)[C@H](O)[C@@H]5[C@@H](O)C[C@]34O)C(C)C)OC(CO)C2O)C(OC)C1O. The Balaban J connectivity index is 1.12. The lowest BCUT2D eigenvalue weighted by atomic mass is 9.41. The van der Waals surface area contributed by atoms with E-state index in [4.69, 9.17) is 28.4 Å². The Kier molecular flexibility index (Phi) is 13.4. The quantitative estimate of drug-likeness (QED) is 0.119. The first-order valence-corrected chi connectivity index (χ1v) is 20.6. The molecule has 0 aromatic rings. The summed E-state index contributed by atoms with van der Waals surface area (Å²) in [6.45, 7) is 10.1. The van der Waals surface area contributed by atoms with Crippen LogP contribution in [0.4, 0.5) is 0 Å². The van der Waals surface area contributed by atoms with Gasteiger partial charge in [-0.1, -0.05) is 34.6 Å². The highest BCUT2D eigenvalue weighted by Gasteiger charge is 2.73. The molecule has 0 aromatic carbocycles. The van der Waals surface area contributed by atoms with Crippen LogP contribution in [0.5, 0.6) is 0 Å². The Morgan fingerprint density at radius 1 is 0.764 bits per heavy atom. The molecule has 2 saturated heterocycles. The summed E-state index contributed by atoms with van der Waals surface area (Å²) in [4.78, 5) is 0. The average Bonchev–Trinajstić information content (AvgIpc) is 3.53. The summed E-state index contributed by atoms with van der Waals surface area (Å²) in [5.41, 5.74) is -2.73. The van der Waals surface area contributed by atoms with Crippen molar-refractivity contribution in [1.82, 2.24) is 0 Å². The van der Waals surface area contributed by atoms with Crippen LogP contribution in [0.25, 0.3) is 0 Å². The predicted molar refractivity (Wildman–Crippen MR) is 195 cm³/mol. The smallest absolute Gasteiger partial charge is 0.187 e. The normalized spacial score (nSPS) is 52.4. The van der Waals surface area contributed by atoms with Gasteiger partial charge in [0.15, 0.2) is 12.6 Å². The summed E-state index contributed by atoms with van der Waals surface area (Å²) in [6.07, 6.45) is -9.78. The zero-order chi connectivity index (χ0) is 40.4. The number of hydrogen-bond acceptors (Lipinski definition) is 15. The average molecular weight is 791 g/mol. The Hall–Kier alpha value is -0.600. The van der Waals surface area contributed by atoms with Gasteiger partial charge in [0, 0.05) is 32.5 Å². The van der Waals surface area contributed by atoms with Gasteiger partial charge in [-0.2, -0.15) is 0 Å². The standard InChI is InChI=1S/C40H70O15/c1-18(2)20(16-52-37-34(29(45)23(15-41)54-37)55-36-33(51-7)30(46)24(50-6)17-53-36)9-8-19(3)26-31(47)32(48)35-39(26,5)13-11-25-38(4)12-10-21(42)28(44)27(38)22(43)14-40(25,35)49/h18-37,41-49H,8-17H2,1-7H3/t19-,20?,21+,22+,23?,24?,25-,26+,27+,28+,29?,30?,31-,32-,33?,34?,35-,36?,37?,38-,39-,40+/m1/s1. The van der Waals surface area contributed by atoms with Crippen molar-refractivity contribution in [1.29, 1.82) is 0 Å². The lowest BCUT2D eigenvalue weighted by Crippen LogP contribution is -2.71. The van der Waals surface area contributed by atoms with Gasteiger partial charge in [-0.15, -0.1) is 0 Å². The molecule has 55 heavy (non-hydrogen) atoms. The van der Waals surface area contributed by atoms with Gasteiger partial charge in [-0.25, -0.2) is 0 Å². The molecule has 9 unspecified atom stereocenters. The molecule has 0 amide bonds. The molecule has 0 bridgehead atoms. The summed E-state index contributed by atoms with van der Waals surface area (Å²) < 4.78 is 34.9. The fourth-order valence-corrected chi connectivity index (χ4v) is 12.7. The largest absolute Gasteiger partial charge is 0.394 e. The Morgan fingerprint density at radius 3 is 2.09 bits per heavy atom. The first-order valence-electron chi connectivity index (χ1n) is 20.6. The molecular weight excluding hydrogens is 720 g/mol. The van der Waals surface area contributed by atoms with Crippen molar-refractivity contribution in [3.8, 4) is 0 Å². The fraction of sp³-hybridized carbons (Fsp3) is 1.00. The van der Waals surface area contributed by atoms with Gasteiger partial charge >= 0.3 is 0 Å². The van der Waals surface area contributed by atoms with Gasteiger partial charge in [0.2, 0.25) is 0 Å². The van der Waals surface area contributed by atoms with Gasteiger partial charge in [-0.05, 0) is 78.9 Å². The van der Waals surface area contributed by atoms with Gasteiger partial charge in [0.1, 0.15) is 36.6 Å². The zero-order valence-electron chi connectivity index (χ0n) is 33.6. The Labute approximate surface area is 325 Å². The molecule has 6 fully saturated rings. The molecule has 22 atom stereocenters. The third-order valence-corrected chi connectivity index (χ3v) is 15.7. The molecule has 15 nitrogen and oxygen atoms in total. The van der Waals surface area contributed by atoms with Gasteiger partial charge < -0.3 is 74.4 Å². The van der Waals surface area contributed by atoms with Crippen LogP contribution in [0, 0.1) is 52.3 Å². The third-order valence-electron chi connectivity index (χ3n) is 15.7. The molecule has 0 aromatic heterocycles. The second-order valence-corrected chi connectivity index (χ2v) is 18.8. The number of ether oxygens (including phenoxy) is 6. The number of rotatable bonds is 13. The van der Waals surface area contributed by atoms with E-state index < -0.39 is 115 Å². The molecule has 2 aliphatic heterocycles. The molecule has 4 saturated carbocycles. The lowest BCUT2D eigenvalue weighted by Gasteiger charge is -2.66. The molecular formula is C40H70O15. The molecule has 9 N–H and O–H groups in total. The summed E-state index contributed by atoms with van der Waals surface area (Å²) in [7, 11) is 2.87.